The summed E-state index contributed by atoms with van der Waals surface area (Å²) >= 11 is 0. The second-order valence-corrected chi connectivity index (χ2v) is 4.34. The van der Waals surface area contributed by atoms with E-state index < -0.39 is 11.9 Å². The van der Waals surface area contributed by atoms with Crippen LogP contribution in [0.5, 0.6) is 0 Å². The van der Waals surface area contributed by atoms with Crippen molar-refractivity contribution in [2.75, 3.05) is 0 Å². The maximum absolute atomic E-state index is 11.1. The van der Waals surface area contributed by atoms with Gasteiger partial charge in [-0.1, -0.05) is 25.7 Å². The first-order valence-corrected chi connectivity index (χ1v) is 5.71. The van der Waals surface area contributed by atoms with E-state index in [1.807, 2.05) is 0 Å². The monoisotopic (exact) mass is 226 g/mol. The molecule has 0 atom stereocenters. The first-order chi connectivity index (χ1) is 7.54. The van der Waals surface area contributed by atoms with Gasteiger partial charge in [0.2, 0.25) is 0 Å². The maximum atomic E-state index is 11.1. The Balaban J connectivity index is 2.96. The van der Waals surface area contributed by atoms with E-state index in [-0.39, 0.29) is 17.1 Å². The van der Waals surface area contributed by atoms with Gasteiger partial charge >= 0.3 is 11.9 Å². The topological polar surface area (TPSA) is 74.6 Å². The first-order valence-electron chi connectivity index (χ1n) is 5.71. The van der Waals surface area contributed by atoms with Gasteiger partial charge in [0.25, 0.3) is 0 Å². The molecule has 1 aliphatic rings. The van der Waals surface area contributed by atoms with Crippen molar-refractivity contribution < 1.29 is 19.8 Å². The minimum atomic E-state index is -1.12. The van der Waals surface area contributed by atoms with Gasteiger partial charge in [-0.15, -0.1) is 0 Å². The predicted molar refractivity (Wildman–Crippen MR) is 59.2 cm³/mol. The van der Waals surface area contributed by atoms with Gasteiger partial charge in [-0.25, -0.2) is 9.59 Å². The molecule has 0 bridgehead atoms. The van der Waals surface area contributed by atoms with Crippen molar-refractivity contribution in [1.82, 2.24) is 0 Å². The van der Waals surface area contributed by atoms with Gasteiger partial charge in [-0.05, 0) is 25.7 Å². The normalized spacial score (nSPS) is 19.8. The smallest absolute Gasteiger partial charge is 0.332 e. The molecule has 0 radical (unpaired) electrons. The standard InChI is InChI=1S/C12H18O4/c1-8(11(13)14)10(12(15)16)9-6-4-2-3-5-7-9/h9H,2-7H2,1H3,(H,13,14)(H,15,16). The van der Waals surface area contributed by atoms with E-state index in [0.29, 0.717) is 0 Å². The number of hydrogen-bond donors (Lipinski definition) is 2. The Hall–Kier alpha value is -1.32. The summed E-state index contributed by atoms with van der Waals surface area (Å²) < 4.78 is 0. The number of carbonyl (C=O) groups is 2. The average molecular weight is 226 g/mol. The zero-order valence-electron chi connectivity index (χ0n) is 9.53. The Morgan fingerprint density at radius 2 is 1.44 bits per heavy atom. The Labute approximate surface area is 95.0 Å². The summed E-state index contributed by atoms with van der Waals surface area (Å²) in [6.07, 6.45) is 5.83. The lowest BCUT2D eigenvalue weighted by atomic mass is 9.88. The van der Waals surface area contributed by atoms with Gasteiger partial charge < -0.3 is 10.2 Å². The molecule has 1 saturated carbocycles. The fraction of sp³-hybridized carbons (Fsp3) is 0.667. The fourth-order valence-corrected chi connectivity index (χ4v) is 2.32. The number of hydrogen-bond acceptors (Lipinski definition) is 2. The summed E-state index contributed by atoms with van der Waals surface area (Å²) in [6, 6.07) is 0. The van der Waals surface area contributed by atoms with Crippen LogP contribution in [0, 0.1) is 5.92 Å². The highest BCUT2D eigenvalue weighted by molar-refractivity contribution is 5.98. The molecule has 0 heterocycles. The van der Waals surface area contributed by atoms with Crippen LogP contribution < -0.4 is 0 Å². The summed E-state index contributed by atoms with van der Waals surface area (Å²) in [5, 5.41) is 18.0. The molecule has 0 aromatic heterocycles. The third kappa shape index (κ3) is 3.08. The minimum absolute atomic E-state index is 0.0144. The molecule has 4 heteroatoms. The van der Waals surface area contributed by atoms with Crippen molar-refractivity contribution in [3.8, 4) is 0 Å². The van der Waals surface area contributed by atoms with Gasteiger partial charge in [0.05, 0.1) is 5.57 Å². The molecule has 4 nitrogen and oxygen atoms in total. The lowest BCUT2D eigenvalue weighted by molar-refractivity contribution is -0.136. The van der Waals surface area contributed by atoms with Crippen LogP contribution in [0.1, 0.15) is 45.4 Å². The molecule has 0 aliphatic heterocycles. The van der Waals surface area contributed by atoms with Crippen LogP contribution in [0.2, 0.25) is 0 Å². The van der Waals surface area contributed by atoms with Crippen LogP contribution in [-0.4, -0.2) is 22.2 Å². The number of aliphatic carboxylic acids is 2. The highest BCUT2D eigenvalue weighted by Gasteiger charge is 2.26. The molecule has 1 rings (SSSR count). The first kappa shape index (κ1) is 12.7. The van der Waals surface area contributed by atoms with Crippen molar-refractivity contribution in [2.24, 2.45) is 5.92 Å². The molecular formula is C12H18O4. The van der Waals surface area contributed by atoms with E-state index in [0.717, 1.165) is 38.5 Å². The van der Waals surface area contributed by atoms with Gasteiger partial charge in [0.15, 0.2) is 0 Å². The van der Waals surface area contributed by atoms with Crippen LogP contribution >= 0.6 is 0 Å². The summed E-state index contributed by atoms with van der Waals surface area (Å²) in [6.45, 7) is 1.39. The van der Waals surface area contributed by atoms with E-state index in [1.165, 1.54) is 6.92 Å². The minimum Gasteiger partial charge on any atom is -0.478 e. The van der Waals surface area contributed by atoms with E-state index in [2.05, 4.69) is 0 Å². The Kier molecular flexibility index (Phi) is 4.52. The zero-order chi connectivity index (χ0) is 12.1. The van der Waals surface area contributed by atoms with E-state index >= 15 is 0 Å². The summed E-state index contributed by atoms with van der Waals surface area (Å²) in [4.78, 5) is 22.0. The maximum Gasteiger partial charge on any atom is 0.332 e. The third-order valence-electron chi connectivity index (χ3n) is 3.22. The molecule has 0 aromatic carbocycles. The molecule has 90 valence electrons. The van der Waals surface area contributed by atoms with Crippen LogP contribution in [0.4, 0.5) is 0 Å². The summed E-state index contributed by atoms with van der Waals surface area (Å²) in [5.41, 5.74) is 0.0915. The largest absolute Gasteiger partial charge is 0.478 e. The van der Waals surface area contributed by atoms with Crippen LogP contribution in [0.15, 0.2) is 11.1 Å². The fourth-order valence-electron chi connectivity index (χ4n) is 2.32. The Morgan fingerprint density at radius 1 is 0.938 bits per heavy atom. The van der Waals surface area contributed by atoms with Gasteiger partial charge in [0, 0.05) is 5.57 Å². The van der Waals surface area contributed by atoms with E-state index in [1.54, 1.807) is 0 Å². The number of carboxylic acids is 2. The quantitative estimate of drug-likeness (QED) is 0.572. The van der Waals surface area contributed by atoms with Gasteiger partial charge in [-0.3, -0.25) is 0 Å². The van der Waals surface area contributed by atoms with Crippen molar-refractivity contribution in [2.45, 2.75) is 45.4 Å². The van der Waals surface area contributed by atoms with E-state index in [4.69, 9.17) is 10.2 Å². The molecule has 16 heavy (non-hydrogen) atoms. The van der Waals surface area contributed by atoms with Gasteiger partial charge in [-0.2, -0.15) is 0 Å². The molecule has 1 aliphatic carbocycles. The Bertz CT molecular complexity index is 309. The SMILES string of the molecule is CC(C(=O)O)=C(C(=O)O)C1CCCCCC1. The highest BCUT2D eigenvalue weighted by Crippen LogP contribution is 2.30. The summed E-state index contributed by atoms with van der Waals surface area (Å²) in [5.74, 6) is -2.29. The van der Waals surface area contributed by atoms with Gasteiger partial charge in [0.1, 0.15) is 0 Å². The van der Waals surface area contributed by atoms with Crippen molar-refractivity contribution in [3.05, 3.63) is 11.1 Å². The van der Waals surface area contributed by atoms with Crippen LogP contribution in [0.25, 0.3) is 0 Å². The van der Waals surface area contributed by atoms with Crippen LogP contribution in [-0.2, 0) is 9.59 Å². The third-order valence-corrected chi connectivity index (χ3v) is 3.22. The highest BCUT2D eigenvalue weighted by atomic mass is 16.4. The predicted octanol–water partition coefficient (Wildman–Crippen LogP) is 2.44. The summed E-state index contributed by atoms with van der Waals surface area (Å²) in [7, 11) is 0. The molecule has 1 fully saturated rings. The molecule has 2 N–H and O–H groups in total. The molecule has 0 unspecified atom stereocenters. The van der Waals surface area contributed by atoms with Crippen LogP contribution in [0.3, 0.4) is 0 Å². The number of rotatable bonds is 3. The molecule has 0 saturated heterocycles. The molecule has 0 spiro atoms. The van der Waals surface area contributed by atoms with Crippen molar-refractivity contribution in [1.29, 1.82) is 0 Å². The lowest BCUT2D eigenvalue weighted by Gasteiger charge is -2.16. The van der Waals surface area contributed by atoms with Crippen molar-refractivity contribution >= 4 is 11.9 Å². The Morgan fingerprint density at radius 3 is 1.81 bits per heavy atom. The number of carboxylic acid groups (broad SMARTS) is 2. The average Bonchev–Trinajstić information content (AvgIpc) is 2.46. The molecule has 0 amide bonds. The van der Waals surface area contributed by atoms with Crippen molar-refractivity contribution in [3.63, 3.8) is 0 Å². The lowest BCUT2D eigenvalue weighted by Crippen LogP contribution is -2.17. The zero-order valence-corrected chi connectivity index (χ0v) is 9.53. The second kappa shape index (κ2) is 5.68. The second-order valence-electron chi connectivity index (χ2n) is 4.34. The van der Waals surface area contributed by atoms with E-state index in [9.17, 15) is 9.59 Å². The molecular weight excluding hydrogens is 208 g/mol. The molecule has 0 aromatic rings.